The third-order valence-corrected chi connectivity index (χ3v) is 7.36. The Hall–Kier alpha value is -1.61. The molecule has 0 unspecified atom stereocenters. The van der Waals surface area contributed by atoms with Crippen molar-refractivity contribution in [1.82, 2.24) is 14.1 Å². The number of nitrogens with zero attached hydrogens (tertiary/aromatic N) is 3. The molecule has 27 heavy (non-hydrogen) atoms. The molecule has 1 aromatic carbocycles. The van der Waals surface area contributed by atoms with Crippen LogP contribution in [0.2, 0.25) is 10.0 Å². The zero-order chi connectivity index (χ0) is 19.8. The SMILES string of the molecule is Cc1c(NC(=O)c2cc(S(=O)(=O)N3CCCCC3)c(Cl)cc2Cl)cnn1C. The zero-order valence-corrected chi connectivity index (χ0v) is 17.3. The van der Waals surface area contributed by atoms with Gasteiger partial charge in [-0.2, -0.15) is 9.40 Å². The van der Waals surface area contributed by atoms with E-state index in [1.807, 2.05) is 0 Å². The fourth-order valence-corrected chi connectivity index (χ4v) is 5.31. The number of hydrogen-bond acceptors (Lipinski definition) is 4. The summed E-state index contributed by atoms with van der Waals surface area (Å²) in [6, 6.07) is 2.54. The molecule has 1 fully saturated rings. The van der Waals surface area contributed by atoms with Gasteiger partial charge in [0, 0.05) is 20.1 Å². The van der Waals surface area contributed by atoms with Gasteiger partial charge in [-0.25, -0.2) is 8.42 Å². The molecular formula is C17H20Cl2N4O3S. The molecule has 146 valence electrons. The fraction of sp³-hybridized carbons (Fsp3) is 0.412. The highest BCUT2D eigenvalue weighted by Crippen LogP contribution is 2.32. The first kappa shape index (κ1) is 20.1. The Kier molecular flexibility index (Phi) is 5.81. The number of amides is 1. The summed E-state index contributed by atoms with van der Waals surface area (Å²) in [7, 11) is -2.04. The van der Waals surface area contributed by atoms with Crippen LogP contribution in [0.1, 0.15) is 35.3 Å². The predicted octanol–water partition coefficient (Wildman–Crippen LogP) is 3.46. The minimum atomic E-state index is -3.80. The quantitative estimate of drug-likeness (QED) is 0.804. The van der Waals surface area contributed by atoms with Crippen LogP contribution in [0.4, 0.5) is 5.69 Å². The second-order valence-corrected chi connectivity index (χ2v) is 9.17. The van der Waals surface area contributed by atoms with Gasteiger partial charge in [0.05, 0.1) is 33.2 Å². The molecular weight excluding hydrogens is 411 g/mol. The Morgan fingerprint density at radius 3 is 2.41 bits per heavy atom. The van der Waals surface area contributed by atoms with Crippen LogP contribution in [0.25, 0.3) is 0 Å². The summed E-state index contributed by atoms with van der Waals surface area (Å²) in [4.78, 5) is 12.6. The lowest BCUT2D eigenvalue weighted by atomic mass is 10.2. The van der Waals surface area contributed by atoms with Crippen molar-refractivity contribution in [3.8, 4) is 0 Å². The van der Waals surface area contributed by atoms with Gasteiger partial charge in [0.25, 0.3) is 5.91 Å². The maximum Gasteiger partial charge on any atom is 0.257 e. The fourth-order valence-electron chi connectivity index (χ4n) is 2.96. The highest BCUT2D eigenvalue weighted by Gasteiger charge is 2.30. The Bertz CT molecular complexity index is 982. The number of nitrogens with one attached hydrogen (secondary N) is 1. The van der Waals surface area contributed by atoms with Crippen molar-refractivity contribution in [1.29, 1.82) is 0 Å². The average molecular weight is 431 g/mol. The van der Waals surface area contributed by atoms with Crippen molar-refractivity contribution in [3.05, 3.63) is 39.6 Å². The van der Waals surface area contributed by atoms with E-state index in [2.05, 4.69) is 10.4 Å². The number of aryl methyl sites for hydroxylation is 1. The molecule has 0 saturated carbocycles. The van der Waals surface area contributed by atoms with Crippen LogP contribution >= 0.6 is 23.2 Å². The van der Waals surface area contributed by atoms with Gasteiger partial charge in [-0.3, -0.25) is 9.48 Å². The topological polar surface area (TPSA) is 84.3 Å². The van der Waals surface area contributed by atoms with Crippen molar-refractivity contribution >= 4 is 44.8 Å². The van der Waals surface area contributed by atoms with Crippen LogP contribution in [-0.4, -0.2) is 41.5 Å². The Labute approximate surface area is 168 Å². The van der Waals surface area contributed by atoms with Gasteiger partial charge in [-0.15, -0.1) is 0 Å². The predicted molar refractivity (Wildman–Crippen MR) is 105 cm³/mol. The number of carbonyl (C=O) groups excluding carboxylic acids is 1. The Morgan fingerprint density at radius 2 is 1.81 bits per heavy atom. The smallest absolute Gasteiger partial charge is 0.257 e. The van der Waals surface area contributed by atoms with E-state index in [0.29, 0.717) is 18.8 Å². The molecule has 1 aliphatic rings. The van der Waals surface area contributed by atoms with Crippen LogP contribution < -0.4 is 5.32 Å². The standard InChI is InChI=1S/C17H20Cl2N4O3S/c1-11-15(10-20-22(11)2)21-17(24)12-8-16(14(19)9-13(12)18)27(25,26)23-6-4-3-5-7-23/h8-10H,3-7H2,1-2H3,(H,21,24). The summed E-state index contributed by atoms with van der Waals surface area (Å²) < 4.78 is 28.9. The molecule has 1 aromatic heterocycles. The first-order valence-corrected chi connectivity index (χ1v) is 10.7. The van der Waals surface area contributed by atoms with E-state index in [1.54, 1.807) is 18.7 Å². The molecule has 3 rings (SSSR count). The first-order chi connectivity index (χ1) is 12.7. The maximum absolute atomic E-state index is 13.0. The molecule has 0 spiro atoms. The molecule has 0 aliphatic carbocycles. The van der Waals surface area contributed by atoms with Crippen LogP contribution in [0.3, 0.4) is 0 Å². The van der Waals surface area contributed by atoms with E-state index in [1.165, 1.54) is 22.6 Å². The van der Waals surface area contributed by atoms with Crippen molar-refractivity contribution in [2.45, 2.75) is 31.1 Å². The molecule has 2 heterocycles. The van der Waals surface area contributed by atoms with Crippen LogP contribution in [0.15, 0.2) is 23.2 Å². The van der Waals surface area contributed by atoms with Crippen LogP contribution in [-0.2, 0) is 17.1 Å². The van der Waals surface area contributed by atoms with Crippen LogP contribution in [0.5, 0.6) is 0 Å². The summed E-state index contributed by atoms with van der Waals surface area (Å²) in [5.41, 5.74) is 1.32. The van der Waals surface area contributed by atoms with Gasteiger partial charge in [0.2, 0.25) is 10.0 Å². The number of carbonyl (C=O) groups is 1. The summed E-state index contributed by atoms with van der Waals surface area (Å²) >= 11 is 12.3. The second kappa shape index (κ2) is 7.79. The Balaban J connectivity index is 1.96. The normalized spacial score (nSPS) is 15.7. The number of sulfonamides is 1. The monoisotopic (exact) mass is 430 g/mol. The van der Waals surface area contributed by atoms with E-state index in [0.717, 1.165) is 25.0 Å². The highest BCUT2D eigenvalue weighted by atomic mass is 35.5. The molecule has 1 saturated heterocycles. The molecule has 1 amide bonds. The van der Waals surface area contributed by atoms with E-state index >= 15 is 0 Å². The first-order valence-electron chi connectivity index (χ1n) is 8.51. The third kappa shape index (κ3) is 3.99. The molecule has 1 aliphatic heterocycles. The number of halogens is 2. The zero-order valence-electron chi connectivity index (χ0n) is 15.0. The maximum atomic E-state index is 13.0. The molecule has 10 heteroatoms. The average Bonchev–Trinajstić information content (AvgIpc) is 2.94. The van der Waals surface area contributed by atoms with Gasteiger partial charge >= 0.3 is 0 Å². The summed E-state index contributed by atoms with van der Waals surface area (Å²) in [6.45, 7) is 2.69. The van der Waals surface area contributed by atoms with E-state index < -0.39 is 15.9 Å². The lowest BCUT2D eigenvalue weighted by Crippen LogP contribution is -2.35. The molecule has 2 aromatic rings. The van der Waals surface area contributed by atoms with Crippen molar-refractivity contribution in [2.24, 2.45) is 7.05 Å². The van der Waals surface area contributed by atoms with Crippen molar-refractivity contribution in [3.63, 3.8) is 0 Å². The Morgan fingerprint density at radius 1 is 1.15 bits per heavy atom. The number of aromatic nitrogens is 2. The number of benzene rings is 1. The summed E-state index contributed by atoms with van der Waals surface area (Å²) in [5.74, 6) is -0.525. The number of rotatable bonds is 4. The molecule has 1 N–H and O–H groups in total. The summed E-state index contributed by atoms with van der Waals surface area (Å²) in [6.07, 6.45) is 4.12. The van der Waals surface area contributed by atoms with Gasteiger partial charge in [0.15, 0.2) is 0 Å². The van der Waals surface area contributed by atoms with Gasteiger partial charge in [0.1, 0.15) is 4.90 Å². The largest absolute Gasteiger partial charge is 0.319 e. The van der Waals surface area contributed by atoms with Crippen molar-refractivity contribution < 1.29 is 13.2 Å². The van der Waals surface area contributed by atoms with Gasteiger partial charge < -0.3 is 5.32 Å². The number of anilines is 1. The third-order valence-electron chi connectivity index (χ3n) is 4.68. The van der Waals surface area contributed by atoms with Crippen LogP contribution in [0, 0.1) is 6.92 Å². The number of piperidine rings is 1. The molecule has 7 nitrogen and oxygen atoms in total. The second-order valence-electron chi connectivity index (χ2n) is 6.45. The minimum Gasteiger partial charge on any atom is -0.319 e. The highest BCUT2D eigenvalue weighted by molar-refractivity contribution is 7.89. The van der Waals surface area contributed by atoms with Gasteiger partial charge in [-0.1, -0.05) is 29.6 Å². The number of hydrogen-bond donors (Lipinski definition) is 1. The molecule has 0 atom stereocenters. The van der Waals surface area contributed by atoms with E-state index in [-0.39, 0.29) is 20.5 Å². The van der Waals surface area contributed by atoms with Crippen molar-refractivity contribution in [2.75, 3.05) is 18.4 Å². The van der Waals surface area contributed by atoms with E-state index in [9.17, 15) is 13.2 Å². The molecule has 0 bridgehead atoms. The van der Waals surface area contributed by atoms with Gasteiger partial charge in [-0.05, 0) is 31.9 Å². The minimum absolute atomic E-state index is 0.000295. The lowest BCUT2D eigenvalue weighted by molar-refractivity contribution is 0.102. The lowest BCUT2D eigenvalue weighted by Gasteiger charge is -2.26. The molecule has 0 radical (unpaired) electrons. The van der Waals surface area contributed by atoms with E-state index in [4.69, 9.17) is 23.2 Å². The summed E-state index contributed by atoms with van der Waals surface area (Å²) in [5, 5.41) is 6.85.